The molecule has 0 aliphatic heterocycles. The fraction of sp³-hybridized carbons (Fsp3) is 0.548. The topological polar surface area (TPSA) is 108 Å². The standard InChI is InChI=1S/C31H40F2N2O6/c1-4-40-24-17-23(18-25(41-5-2)26(24)30(39)14-15-30)21(3)35(16-10-9-13-22-11-7-6-8-12-22)28(38)34-29(27(36)37)19-31(32,33)20-29/h6-8,11-12,17-18,21,39H,4-5,9-10,13-16,19-20H2,1-3H3,(H,34,38)(H,36,37). The lowest BCUT2D eigenvalue weighted by Gasteiger charge is -2.45. The second-order valence-electron chi connectivity index (χ2n) is 11.1. The maximum absolute atomic E-state index is 13.8. The van der Waals surface area contributed by atoms with Gasteiger partial charge in [0.25, 0.3) is 5.92 Å². The number of nitrogens with zero attached hydrogens (tertiary/aromatic N) is 1. The molecule has 41 heavy (non-hydrogen) atoms. The molecule has 2 saturated carbocycles. The van der Waals surface area contributed by atoms with E-state index in [1.807, 2.05) is 44.2 Å². The van der Waals surface area contributed by atoms with E-state index in [0.717, 1.165) is 18.4 Å². The molecular weight excluding hydrogens is 534 g/mol. The number of hydrogen-bond acceptors (Lipinski definition) is 5. The highest BCUT2D eigenvalue weighted by molar-refractivity contribution is 5.88. The monoisotopic (exact) mass is 574 g/mol. The average molecular weight is 575 g/mol. The Morgan fingerprint density at radius 3 is 2.10 bits per heavy atom. The molecule has 0 aromatic heterocycles. The molecule has 8 nitrogen and oxygen atoms in total. The number of benzene rings is 2. The molecular formula is C31H40F2N2O6. The summed E-state index contributed by atoms with van der Waals surface area (Å²) in [5, 5.41) is 23.1. The van der Waals surface area contributed by atoms with Crippen molar-refractivity contribution in [2.75, 3.05) is 19.8 Å². The number of halogens is 2. The van der Waals surface area contributed by atoms with E-state index in [9.17, 15) is 28.6 Å². The van der Waals surface area contributed by atoms with Gasteiger partial charge in [0.1, 0.15) is 11.5 Å². The molecule has 2 aliphatic carbocycles. The van der Waals surface area contributed by atoms with E-state index in [-0.39, 0.29) is 6.54 Å². The summed E-state index contributed by atoms with van der Waals surface area (Å²) in [4.78, 5) is 27.0. The first-order valence-electron chi connectivity index (χ1n) is 14.3. The molecule has 2 aliphatic rings. The van der Waals surface area contributed by atoms with Crippen LogP contribution in [0, 0.1) is 0 Å². The summed E-state index contributed by atoms with van der Waals surface area (Å²) in [6.07, 6.45) is 1.44. The van der Waals surface area contributed by atoms with Crippen LogP contribution in [0.2, 0.25) is 0 Å². The molecule has 0 saturated heterocycles. The van der Waals surface area contributed by atoms with Gasteiger partial charge in [-0.15, -0.1) is 0 Å². The molecule has 0 heterocycles. The molecule has 0 bridgehead atoms. The summed E-state index contributed by atoms with van der Waals surface area (Å²) in [6.45, 7) is 6.45. The number of aliphatic hydroxyl groups is 1. The fourth-order valence-corrected chi connectivity index (χ4v) is 5.52. The van der Waals surface area contributed by atoms with E-state index in [4.69, 9.17) is 9.47 Å². The Morgan fingerprint density at radius 1 is 1.02 bits per heavy atom. The number of ether oxygens (including phenoxy) is 2. The Morgan fingerprint density at radius 2 is 1.61 bits per heavy atom. The van der Waals surface area contributed by atoms with Crippen molar-refractivity contribution in [1.29, 1.82) is 0 Å². The molecule has 2 amide bonds. The quantitative estimate of drug-likeness (QED) is 0.246. The van der Waals surface area contributed by atoms with Crippen LogP contribution in [0.4, 0.5) is 13.6 Å². The Bertz CT molecular complexity index is 1200. The van der Waals surface area contributed by atoms with Crippen molar-refractivity contribution < 1.29 is 38.1 Å². The fourth-order valence-electron chi connectivity index (χ4n) is 5.52. The predicted octanol–water partition coefficient (Wildman–Crippen LogP) is 5.81. The number of carbonyl (C=O) groups is 2. The third-order valence-corrected chi connectivity index (χ3v) is 7.92. The summed E-state index contributed by atoms with van der Waals surface area (Å²) >= 11 is 0. The van der Waals surface area contributed by atoms with Crippen LogP contribution in [0.1, 0.15) is 82.0 Å². The number of alkyl halides is 2. The van der Waals surface area contributed by atoms with Gasteiger partial charge in [-0.25, -0.2) is 18.4 Å². The third-order valence-electron chi connectivity index (χ3n) is 7.92. The Labute approximate surface area is 239 Å². The molecule has 1 unspecified atom stereocenters. The van der Waals surface area contributed by atoms with Gasteiger partial charge in [0.2, 0.25) is 0 Å². The van der Waals surface area contributed by atoms with Gasteiger partial charge >= 0.3 is 12.0 Å². The van der Waals surface area contributed by atoms with Gasteiger partial charge in [0.15, 0.2) is 5.54 Å². The van der Waals surface area contributed by atoms with Crippen LogP contribution in [0.25, 0.3) is 0 Å². The van der Waals surface area contributed by atoms with Crippen molar-refractivity contribution in [1.82, 2.24) is 10.2 Å². The maximum Gasteiger partial charge on any atom is 0.329 e. The van der Waals surface area contributed by atoms with Crippen LogP contribution in [0.3, 0.4) is 0 Å². The van der Waals surface area contributed by atoms with E-state index in [0.29, 0.717) is 55.1 Å². The number of carboxylic acids is 1. The summed E-state index contributed by atoms with van der Waals surface area (Å²) in [7, 11) is 0. The number of unbranched alkanes of at least 4 members (excludes halogenated alkanes) is 1. The largest absolute Gasteiger partial charge is 0.493 e. The number of carbonyl (C=O) groups excluding carboxylic acids is 1. The van der Waals surface area contributed by atoms with Crippen molar-refractivity contribution in [3.63, 3.8) is 0 Å². The van der Waals surface area contributed by atoms with E-state index in [1.165, 1.54) is 4.90 Å². The molecule has 10 heteroatoms. The second kappa shape index (κ2) is 12.2. The lowest BCUT2D eigenvalue weighted by molar-refractivity contribution is -0.175. The number of urea groups is 1. The first kappa shape index (κ1) is 30.6. The molecule has 2 aromatic rings. The highest BCUT2D eigenvalue weighted by Crippen LogP contribution is 2.53. The number of aryl methyl sites for hydroxylation is 1. The normalized spacial score (nSPS) is 18.5. The number of amides is 2. The van der Waals surface area contributed by atoms with Gasteiger partial charge < -0.3 is 29.9 Å². The van der Waals surface area contributed by atoms with Crippen molar-refractivity contribution in [2.24, 2.45) is 0 Å². The summed E-state index contributed by atoms with van der Waals surface area (Å²) < 4.78 is 39.4. The van der Waals surface area contributed by atoms with Crippen molar-refractivity contribution in [2.45, 2.75) is 88.8 Å². The molecule has 1 atom stereocenters. The minimum Gasteiger partial charge on any atom is -0.493 e. The molecule has 224 valence electrons. The van der Waals surface area contributed by atoms with Gasteiger partial charge in [0, 0.05) is 19.4 Å². The van der Waals surface area contributed by atoms with E-state index < -0.39 is 47.9 Å². The summed E-state index contributed by atoms with van der Waals surface area (Å²) in [6, 6.07) is 12.2. The highest BCUT2D eigenvalue weighted by Gasteiger charge is 2.62. The van der Waals surface area contributed by atoms with E-state index in [1.54, 1.807) is 19.1 Å². The minimum atomic E-state index is -3.14. The van der Waals surface area contributed by atoms with Crippen molar-refractivity contribution in [3.05, 3.63) is 59.2 Å². The number of carboxylic acid groups (broad SMARTS) is 1. The number of aliphatic carboxylic acids is 1. The van der Waals surface area contributed by atoms with Crippen molar-refractivity contribution >= 4 is 12.0 Å². The van der Waals surface area contributed by atoms with Crippen LogP contribution in [-0.2, 0) is 16.8 Å². The molecule has 0 radical (unpaired) electrons. The lowest BCUT2D eigenvalue weighted by Crippen LogP contribution is -2.68. The first-order valence-corrected chi connectivity index (χ1v) is 14.3. The lowest BCUT2D eigenvalue weighted by atomic mass is 9.73. The molecule has 4 rings (SSSR count). The van der Waals surface area contributed by atoms with E-state index >= 15 is 0 Å². The van der Waals surface area contributed by atoms with Crippen LogP contribution in [-0.4, -0.2) is 58.3 Å². The Kier molecular flexibility index (Phi) is 9.11. The van der Waals surface area contributed by atoms with E-state index in [2.05, 4.69) is 5.32 Å². The third kappa shape index (κ3) is 6.92. The van der Waals surface area contributed by atoms with Gasteiger partial charge in [-0.3, -0.25) is 0 Å². The maximum atomic E-state index is 13.8. The SMILES string of the molecule is CCOc1cc(C(C)N(CCCCc2ccccc2)C(=O)NC2(C(=O)O)CC(F)(F)C2)cc(OCC)c1C1(O)CC1. The summed E-state index contributed by atoms with van der Waals surface area (Å²) in [5.74, 6) is -3.70. The van der Waals surface area contributed by atoms with Gasteiger partial charge in [0.05, 0.1) is 30.4 Å². The summed E-state index contributed by atoms with van der Waals surface area (Å²) in [5.41, 5.74) is -0.651. The zero-order valence-corrected chi connectivity index (χ0v) is 23.9. The first-order chi connectivity index (χ1) is 19.4. The molecule has 0 spiro atoms. The predicted molar refractivity (Wildman–Crippen MR) is 149 cm³/mol. The minimum absolute atomic E-state index is 0.269. The van der Waals surface area contributed by atoms with Gasteiger partial charge in [-0.1, -0.05) is 30.3 Å². The molecule has 3 N–H and O–H groups in total. The van der Waals surface area contributed by atoms with Crippen LogP contribution >= 0.6 is 0 Å². The van der Waals surface area contributed by atoms with Gasteiger partial charge in [-0.05, 0) is 76.1 Å². The average Bonchev–Trinajstić information content (AvgIpc) is 3.65. The van der Waals surface area contributed by atoms with Crippen molar-refractivity contribution in [3.8, 4) is 11.5 Å². The molecule has 2 fully saturated rings. The number of rotatable bonds is 14. The highest BCUT2D eigenvalue weighted by atomic mass is 19.3. The zero-order valence-electron chi connectivity index (χ0n) is 23.9. The van der Waals surface area contributed by atoms with Crippen LogP contribution in [0.15, 0.2) is 42.5 Å². The number of hydrogen-bond donors (Lipinski definition) is 3. The van der Waals surface area contributed by atoms with Crippen LogP contribution < -0.4 is 14.8 Å². The Hall–Kier alpha value is -3.40. The second-order valence-corrected chi connectivity index (χ2v) is 11.1. The smallest absolute Gasteiger partial charge is 0.329 e. The number of nitrogens with one attached hydrogen (secondary N) is 1. The molecule has 2 aromatic carbocycles. The Balaban J connectivity index is 1.61. The van der Waals surface area contributed by atoms with Crippen LogP contribution in [0.5, 0.6) is 11.5 Å². The van der Waals surface area contributed by atoms with Gasteiger partial charge in [-0.2, -0.15) is 0 Å². The zero-order chi connectivity index (χ0) is 29.8.